The molecule has 0 bridgehead atoms. The third-order valence-corrected chi connectivity index (χ3v) is 9.13. The fourth-order valence-corrected chi connectivity index (χ4v) is 6.67. The van der Waals surface area contributed by atoms with E-state index in [-0.39, 0.29) is 23.8 Å². The summed E-state index contributed by atoms with van der Waals surface area (Å²) in [5.41, 5.74) is 2.57. The minimum absolute atomic E-state index is 0.0301. The summed E-state index contributed by atoms with van der Waals surface area (Å²) in [6.45, 7) is 2.55. The molecule has 0 radical (unpaired) electrons. The number of nitriles is 1. The SMILES string of the molecule is CCOC(=O)[C@H]1CC[C@](O)(c2ccc(Nc3nn([C@H]4CCCC[C@@H]4C#N)c4ccnc(OCc5ccccc5)c34)cc2)CC1. The Labute approximate surface area is 257 Å². The zero-order chi connectivity index (χ0) is 30.5. The van der Waals surface area contributed by atoms with E-state index in [0.717, 1.165) is 53.4 Å². The summed E-state index contributed by atoms with van der Waals surface area (Å²) < 4.78 is 13.4. The lowest BCUT2D eigenvalue weighted by molar-refractivity contribution is -0.151. The maximum atomic E-state index is 12.2. The normalized spacial score (nSPS) is 23.5. The van der Waals surface area contributed by atoms with Gasteiger partial charge in [-0.3, -0.25) is 9.48 Å². The second-order valence-electron chi connectivity index (χ2n) is 11.9. The highest BCUT2D eigenvalue weighted by atomic mass is 16.5. The maximum Gasteiger partial charge on any atom is 0.308 e. The van der Waals surface area contributed by atoms with E-state index in [0.29, 0.717) is 50.6 Å². The monoisotopic (exact) mass is 593 g/mol. The number of hydrogen-bond acceptors (Lipinski definition) is 8. The molecule has 9 heteroatoms. The van der Waals surface area contributed by atoms with Crippen molar-refractivity contribution in [1.29, 1.82) is 5.26 Å². The molecule has 44 heavy (non-hydrogen) atoms. The van der Waals surface area contributed by atoms with Gasteiger partial charge in [0.25, 0.3) is 0 Å². The molecule has 2 heterocycles. The third-order valence-electron chi connectivity index (χ3n) is 9.13. The fraction of sp³-hybridized carbons (Fsp3) is 0.429. The minimum Gasteiger partial charge on any atom is -0.472 e. The van der Waals surface area contributed by atoms with E-state index in [2.05, 4.69) is 16.4 Å². The largest absolute Gasteiger partial charge is 0.472 e. The molecular weight excluding hydrogens is 554 g/mol. The molecule has 2 aliphatic rings. The van der Waals surface area contributed by atoms with E-state index in [1.165, 1.54) is 0 Å². The quantitative estimate of drug-likeness (QED) is 0.200. The number of rotatable bonds is 9. The molecule has 2 fully saturated rings. The van der Waals surface area contributed by atoms with Gasteiger partial charge in [0.2, 0.25) is 5.88 Å². The molecule has 2 aliphatic carbocycles. The van der Waals surface area contributed by atoms with Crippen molar-refractivity contribution in [3.63, 3.8) is 0 Å². The number of hydrogen-bond donors (Lipinski definition) is 2. The maximum absolute atomic E-state index is 12.2. The van der Waals surface area contributed by atoms with Crippen LogP contribution in [0.4, 0.5) is 11.5 Å². The number of nitrogens with one attached hydrogen (secondary N) is 1. The van der Waals surface area contributed by atoms with Crippen LogP contribution >= 0.6 is 0 Å². The number of carbonyl (C=O) groups excluding carboxylic acids is 1. The topological polar surface area (TPSA) is 122 Å². The summed E-state index contributed by atoms with van der Waals surface area (Å²) in [5.74, 6) is 0.655. The van der Waals surface area contributed by atoms with E-state index >= 15 is 0 Å². The number of esters is 1. The van der Waals surface area contributed by atoms with Crippen molar-refractivity contribution >= 4 is 28.4 Å². The third kappa shape index (κ3) is 6.13. The number of pyridine rings is 1. The molecule has 0 amide bonds. The van der Waals surface area contributed by atoms with Crippen molar-refractivity contribution < 1.29 is 19.4 Å². The van der Waals surface area contributed by atoms with Crippen LogP contribution in [0.25, 0.3) is 10.9 Å². The Morgan fingerprint density at radius 3 is 2.55 bits per heavy atom. The summed E-state index contributed by atoms with van der Waals surface area (Å²) in [7, 11) is 0. The lowest BCUT2D eigenvalue weighted by Crippen LogP contribution is -2.34. The van der Waals surface area contributed by atoms with Gasteiger partial charge in [-0.1, -0.05) is 55.3 Å². The average Bonchev–Trinajstić information content (AvgIpc) is 3.43. The predicted molar refractivity (Wildman–Crippen MR) is 167 cm³/mol. The fourth-order valence-electron chi connectivity index (χ4n) is 6.67. The van der Waals surface area contributed by atoms with Crippen LogP contribution in [0.2, 0.25) is 0 Å². The number of ether oxygens (including phenoxy) is 2. The van der Waals surface area contributed by atoms with Gasteiger partial charge < -0.3 is 19.9 Å². The molecule has 2 aromatic heterocycles. The van der Waals surface area contributed by atoms with Crippen LogP contribution in [0.5, 0.6) is 5.88 Å². The highest BCUT2D eigenvalue weighted by molar-refractivity contribution is 5.96. The van der Waals surface area contributed by atoms with Gasteiger partial charge in [0, 0.05) is 11.9 Å². The smallest absolute Gasteiger partial charge is 0.308 e. The van der Waals surface area contributed by atoms with Crippen molar-refractivity contribution in [2.24, 2.45) is 11.8 Å². The second-order valence-corrected chi connectivity index (χ2v) is 11.9. The van der Waals surface area contributed by atoms with Crippen molar-refractivity contribution in [1.82, 2.24) is 14.8 Å². The van der Waals surface area contributed by atoms with Crippen molar-refractivity contribution in [2.45, 2.75) is 76.5 Å². The molecular formula is C35H39N5O4. The van der Waals surface area contributed by atoms with E-state index < -0.39 is 5.60 Å². The standard InChI is InChI=1S/C35H39N5O4/c1-2-43-34(41)25-16-19-35(42,20-17-25)27-12-14-28(15-13-27)38-32-31-30(40(39-32)29-11-7-6-10-26(29)22-36)18-21-37-33(31)44-23-24-8-4-3-5-9-24/h3-5,8-9,12-15,18,21,25-26,29,42H,2,6-7,10-11,16-17,19-20,23H2,1H3,(H,38,39)/t25-,26-,29+,35+/m1/s1. The number of fused-ring (bicyclic) bond motifs is 1. The van der Waals surface area contributed by atoms with Gasteiger partial charge in [-0.25, -0.2) is 4.98 Å². The molecule has 0 unspecified atom stereocenters. The van der Waals surface area contributed by atoms with E-state index in [4.69, 9.17) is 14.6 Å². The second kappa shape index (κ2) is 13.1. The van der Waals surface area contributed by atoms with Crippen LogP contribution in [0.1, 0.15) is 75.5 Å². The van der Waals surface area contributed by atoms with E-state index in [9.17, 15) is 15.2 Å². The lowest BCUT2D eigenvalue weighted by Gasteiger charge is -2.35. The summed E-state index contributed by atoms with van der Waals surface area (Å²) in [6.07, 6.45) is 7.81. The van der Waals surface area contributed by atoms with Gasteiger partial charge in [-0.05, 0) is 74.8 Å². The molecule has 0 spiro atoms. The van der Waals surface area contributed by atoms with Crippen molar-refractivity contribution in [2.75, 3.05) is 11.9 Å². The molecule has 2 N–H and O–H groups in total. The molecule has 4 aromatic rings. The summed E-state index contributed by atoms with van der Waals surface area (Å²) in [4.78, 5) is 16.8. The Morgan fingerprint density at radius 2 is 1.82 bits per heavy atom. The van der Waals surface area contributed by atoms with Crippen LogP contribution in [-0.4, -0.2) is 32.4 Å². The predicted octanol–water partition coefficient (Wildman–Crippen LogP) is 6.95. The van der Waals surface area contributed by atoms with Crippen LogP contribution < -0.4 is 10.1 Å². The first kappa shape index (κ1) is 29.6. The first-order chi connectivity index (χ1) is 21.5. The van der Waals surface area contributed by atoms with E-state index in [1.54, 1.807) is 6.20 Å². The number of aromatic nitrogens is 3. The Bertz CT molecular complexity index is 1620. The average molecular weight is 594 g/mol. The van der Waals surface area contributed by atoms with Crippen LogP contribution in [0, 0.1) is 23.2 Å². The van der Waals surface area contributed by atoms with Gasteiger partial charge in [0.15, 0.2) is 5.82 Å². The first-order valence-corrected chi connectivity index (χ1v) is 15.7. The van der Waals surface area contributed by atoms with Gasteiger partial charge in [0.1, 0.15) is 12.0 Å². The van der Waals surface area contributed by atoms with Gasteiger partial charge in [0.05, 0.1) is 41.7 Å². The molecule has 0 saturated heterocycles. The van der Waals surface area contributed by atoms with Crippen LogP contribution in [-0.2, 0) is 21.7 Å². The number of aliphatic hydroxyl groups is 1. The number of benzene rings is 2. The van der Waals surface area contributed by atoms with Crippen LogP contribution in [0.15, 0.2) is 66.9 Å². The van der Waals surface area contributed by atoms with Gasteiger partial charge in [-0.15, -0.1) is 0 Å². The number of anilines is 2. The number of nitrogens with zero attached hydrogens (tertiary/aromatic N) is 4. The summed E-state index contributed by atoms with van der Waals surface area (Å²) in [5, 5.41) is 30.7. The van der Waals surface area contributed by atoms with E-state index in [1.807, 2.05) is 72.3 Å². The lowest BCUT2D eigenvalue weighted by atomic mass is 9.75. The Hall–Kier alpha value is -4.42. The molecule has 2 atom stereocenters. The highest BCUT2D eigenvalue weighted by Crippen LogP contribution is 2.42. The zero-order valence-corrected chi connectivity index (χ0v) is 25.1. The van der Waals surface area contributed by atoms with Crippen LogP contribution in [0.3, 0.4) is 0 Å². The Kier molecular flexibility index (Phi) is 8.80. The number of carbonyl (C=O) groups is 1. The minimum atomic E-state index is -0.981. The molecule has 6 rings (SSSR count). The molecule has 9 nitrogen and oxygen atoms in total. The van der Waals surface area contributed by atoms with Gasteiger partial charge in [-0.2, -0.15) is 10.4 Å². The molecule has 228 valence electrons. The molecule has 2 saturated carbocycles. The first-order valence-electron chi connectivity index (χ1n) is 15.7. The van der Waals surface area contributed by atoms with Crippen molar-refractivity contribution in [3.8, 4) is 11.9 Å². The van der Waals surface area contributed by atoms with Gasteiger partial charge >= 0.3 is 5.97 Å². The summed E-state index contributed by atoms with van der Waals surface area (Å²) in [6, 6.07) is 22.1. The Morgan fingerprint density at radius 1 is 1.07 bits per heavy atom. The molecule has 2 aromatic carbocycles. The Balaban J connectivity index is 1.28. The summed E-state index contributed by atoms with van der Waals surface area (Å²) >= 11 is 0. The van der Waals surface area contributed by atoms with Crippen molar-refractivity contribution in [3.05, 3.63) is 78.0 Å². The zero-order valence-electron chi connectivity index (χ0n) is 25.1. The molecule has 0 aliphatic heterocycles. The highest BCUT2D eigenvalue weighted by Gasteiger charge is 2.37.